The highest BCUT2D eigenvalue weighted by Crippen LogP contribution is 2.04. The van der Waals surface area contributed by atoms with E-state index < -0.39 is 31.7 Å². The molecule has 18 heavy (non-hydrogen) atoms. The second-order valence-electron chi connectivity index (χ2n) is 3.55. The summed E-state index contributed by atoms with van der Waals surface area (Å²) >= 11 is 0. The minimum atomic E-state index is -1.47. The Morgan fingerprint density at radius 1 is 1.44 bits per heavy atom. The van der Waals surface area contributed by atoms with Gasteiger partial charge in [-0.05, 0) is 5.56 Å². The molecule has 0 aliphatic carbocycles. The number of aliphatic hydroxyl groups is 1. The number of carboxylic acid groups (broad SMARTS) is 1. The molecule has 0 saturated carbocycles. The van der Waals surface area contributed by atoms with Crippen molar-refractivity contribution in [1.82, 2.24) is 4.90 Å². The molecule has 0 unspecified atom stereocenters. The lowest BCUT2D eigenvalue weighted by molar-refractivity contribution is -0.143. The number of aliphatic carboxylic acids is 1. The first-order chi connectivity index (χ1) is 9.10. The summed E-state index contributed by atoms with van der Waals surface area (Å²) < 4.78 is 12.1. The van der Waals surface area contributed by atoms with Gasteiger partial charge >= 0.3 is 12.1 Å². The molecule has 0 spiro atoms. The highest BCUT2D eigenvalue weighted by Gasteiger charge is 2.26. The van der Waals surface area contributed by atoms with Crippen molar-refractivity contribution < 1.29 is 25.9 Å². The number of hydrogen-bond donors (Lipinski definition) is 2. The van der Waals surface area contributed by atoms with E-state index in [0.29, 0.717) is 4.90 Å². The minimum absolute atomic E-state index is 0.0199. The maximum Gasteiger partial charge on any atom is 0.410 e. The zero-order valence-corrected chi connectivity index (χ0v) is 9.65. The molecule has 0 fully saturated rings. The van der Waals surface area contributed by atoms with Crippen molar-refractivity contribution in [2.24, 2.45) is 0 Å². The normalized spacial score (nSPS) is 12.4. The van der Waals surface area contributed by atoms with Crippen LogP contribution in [0, 0.1) is 0 Å². The van der Waals surface area contributed by atoms with Crippen molar-refractivity contribution in [3.8, 4) is 0 Å². The second-order valence-corrected chi connectivity index (χ2v) is 3.55. The summed E-state index contributed by atoms with van der Waals surface area (Å²) in [7, 11) is -0.606. The van der Waals surface area contributed by atoms with Gasteiger partial charge in [-0.1, -0.05) is 30.3 Å². The summed E-state index contributed by atoms with van der Waals surface area (Å²) in [5, 5.41) is 17.7. The van der Waals surface area contributed by atoms with E-state index in [-0.39, 0.29) is 6.61 Å². The van der Waals surface area contributed by atoms with E-state index in [9.17, 15) is 9.59 Å². The van der Waals surface area contributed by atoms with Crippen LogP contribution in [0.2, 0.25) is 0 Å². The number of aliphatic hydroxyl groups excluding tert-OH is 1. The standard InChI is InChI=1S/C12H15NO5/c1-13(10(7-14)11(15)16)12(17)18-8-9-5-3-2-4-6-9/h2-6,10,14H,7-8H2,1H3,(H,15,16)/t10-/m0/s1/i1D. The SMILES string of the molecule is [2H]CN(C(=O)OCc1ccccc1)[C@@H](CO)C(=O)O. The zero-order valence-electron chi connectivity index (χ0n) is 10.7. The Hall–Kier alpha value is -2.08. The number of ether oxygens (including phenoxy) is 1. The Balaban J connectivity index is 2.61. The number of rotatable bonds is 5. The molecule has 0 saturated heterocycles. The Morgan fingerprint density at radius 2 is 2.11 bits per heavy atom. The predicted octanol–water partition coefficient (Wildman–Crippen LogP) is 0.701. The van der Waals surface area contributed by atoms with Gasteiger partial charge in [0.25, 0.3) is 0 Å². The van der Waals surface area contributed by atoms with Gasteiger partial charge in [0, 0.05) is 8.39 Å². The third-order valence-corrected chi connectivity index (χ3v) is 2.27. The number of likely N-dealkylation sites (N-methyl/N-ethyl adjacent to an activating group) is 1. The Kier molecular flexibility index (Phi) is 4.54. The molecule has 0 bridgehead atoms. The van der Waals surface area contributed by atoms with E-state index in [0.717, 1.165) is 5.56 Å². The molecular formula is C12H15NO5. The molecule has 1 aromatic carbocycles. The summed E-state index contributed by atoms with van der Waals surface area (Å²) in [6.07, 6.45) is -0.944. The van der Waals surface area contributed by atoms with Crippen LogP contribution in [0.15, 0.2) is 30.3 Å². The molecule has 1 rings (SSSR count). The fourth-order valence-corrected chi connectivity index (χ4v) is 1.24. The topological polar surface area (TPSA) is 87.1 Å². The molecular weight excluding hydrogens is 238 g/mol. The average molecular weight is 254 g/mol. The third-order valence-electron chi connectivity index (χ3n) is 2.27. The van der Waals surface area contributed by atoms with Crippen LogP contribution in [-0.2, 0) is 16.1 Å². The van der Waals surface area contributed by atoms with Gasteiger partial charge in [0.05, 0.1) is 6.61 Å². The summed E-state index contributed by atoms with van der Waals surface area (Å²) in [6.45, 7) is -0.789. The van der Waals surface area contributed by atoms with E-state index in [4.69, 9.17) is 16.3 Å². The minimum Gasteiger partial charge on any atom is -0.480 e. The smallest absolute Gasteiger partial charge is 0.410 e. The number of carbonyl (C=O) groups is 2. The third kappa shape index (κ3) is 3.74. The van der Waals surface area contributed by atoms with Crippen molar-refractivity contribution in [1.29, 1.82) is 0 Å². The van der Waals surface area contributed by atoms with Crippen molar-refractivity contribution in [3.05, 3.63) is 35.9 Å². The summed E-state index contributed by atoms with van der Waals surface area (Å²) in [4.78, 5) is 23.1. The summed E-state index contributed by atoms with van der Waals surface area (Å²) in [5.41, 5.74) is 0.747. The van der Waals surface area contributed by atoms with E-state index in [1.54, 1.807) is 24.3 Å². The second kappa shape index (κ2) is 6.61. The fourth-order valence-electron chi connectivity index (χ4n) is 1.24. The first kappa shape index (κ1) is 12.4. The Labute approximate surface area is 106 Å². The van der Waals surface area contributed by atoms with Crippen molar-refractivity contribution in [2.75, 3.05) is 13.6 Å². The van der Waals surface area contributed by atoms with Crippen LogP contribution in [0.3, 0.4) is 0 Å². The van der Waals surface area contributed by atoms with Crippen molar-refractivity contribution in [3.63, 3.8) is 0 Å². The summed E-state index contributed by atoms with van der Waals surface area (Å²) in [6, 6.07) is 7.39. The predicted molar refractivity (Wildman–Crippen MR) is 62.9 cm³/mol. The van der Waals surface area contributed by atoms with Gasteiger partial charge in [-0.15, -0.1) is 0 Å². The van der Waals surface area contributed by atoms with Crippen LogP contribution < -0.4 is 0 Å². The lowest BCUT2D eigenvalue weighted by Crippen LogP contribution is -2.44. The van der Waals surface area contributed by atoms with Gasteiger partial charge in [-0.25, -0.2) is 9.59 Å². The zero-order chi connectivity index (χ0) is 14.3. The van der Waals surface area contributed by atoms with Crippen LogP contribution in [-0.4, -0.2) is 46.8 Å². The number of amides is 1. The molecule has 0 aliphatic heterocycles. The van der Waals surface area contributed by atoms with Gasteiger partial charge in [0.1, 0.15) is 6.61 Å². The number of carboxylic acids is 1. The number of carbonyl (C=O) groups excluding carboxylic acids is 1. The maximum absolute atomic E-state index is 11.7. The molecule has 1 amide bonds. The molecule has 2 N–H and O–H groups in total. The lowest BCUT2D eigenvalue weighted by Gasteiger charge is -2.22. The van der Waals surface area contributed by atoms with Gasteiger partial charge in [0.2, 0.25) is 0 Å². The molecule has 6 nitrogen and oxygen atoms in total. The average Bonchev–Trinajstić information content (AvgIpc) is 2.42. The first-order valence-electron chi connectivity index (χ1n) is 5.91. The van der Waals surface area contributed by atoms with Crippen LogP contribution >= 0.6 is 0 Å². The summed E-state index contributed by atoms with van der Waals surface area (Å²) in [5.74, 6) is -1.38. The molecule has 0 radical (unpaired) electrons. The number of benzene rings is 1. The highest BCUT2D eigenvalue weighted by molar-refractivity contribution is 5.79. The molecule has 0 aliphatic rings. The number of nitrogens with zero attached hydrogens (tertiary/aromatic N) is 1. The largest absolute Gasteiger partial charge is 0.480 e. The van der Waals surface area contributed by atoms with Gasteiger partial charge < -0.3 is 14.9 Å². The molecule has 6 heteroatoms. The fraction of sp³-hybridized carbons (Fsp3) is 0.333. The Bertz CT molecular complexity index is 425. The number of hydrogen-bond acceptors (Lipinski definition) is 4. The van der Waals surface area contributed by atoms with Crippen molar-refractivity contribution in [2.45, 2.75) is 12.6 Å². The van der Waals surface area contributed by atoms with Crippen LogP contribution in [0.25, 0.3) is 0 Å². The first-order valence-corrected chi connectivity index (χ1v) is 5.20. The van der Waals surface area contributed by atoms with E-state index in [2.05, 4.69) is 0 Å². The Morgan fingerprint density at radius 3 is 2.61 bits per heavy atom. The quantitative estimate of drug-likeness (QED) is 0.807. The molecule has 1 aromatic rings. The molecule has 1 atom stereocenters. The van der Waals surface area contributed by atoms with E-state index in [1.807, 2.05) is 6.07 Å². The van der Waals surface area contributed by atoms with Crippen LogP contribution in [0.1, 0.15) is 6.93 Å². The molecule has 0 heterocycles. The maximum atomic E-state index is 11.7. The van der Waals surface area contributed by atoms with E-state index >= 15 is 0 Å². The molecule has 0 aromatic heterocycles. The van der Waals surface area contributed by atoms with Gasteiger partial charge in [-0.2, -0.15) is 0 Å². The monoisotopic (exact) mass is 254 g/mol. The van der Waals surface area contributed by atoms with Crippen LogP contribution in [0.4, 0.5) is 4.79 Å². The molecule has 98 valence electrons. The van der Waals surface area contributed by atoms with E-state index in [1.165, 1.54) is 0 Å². The lowest BCUT2D eigenvalue weighted by atomic mass is 10.2. The van der Waals surface area contributed by atoms with Gasteiger partial charge in [0.15, 0.2) is 6.04 Å². The van der Waals surface area contributed by atoms with Crippen molar-refractivity contribution >= 4 is 12.1 Å². The van der Waals surface area contributed by atoms with Crippen LogP contribution in [0.5, 0.6) is 0 Å². The van der Waals surface area contributed by atoms with Gasteiger partial charge in [-0.3, -0.25) is 4.90 Å². The highest BCUT2D eigenvalue weighted by atomic mass is 16.6.